The fourth-order valence-corrected chi connectivity index (χ4v) is 4.24. The third-order valence-electron chi connectivity index (χ3n) is 5.48. The fourth-order valence-electron chi connectivity index (χ4n) is 3.88. The molecule has 2 aromatic heterocycles. The maximum absolute atomic E-state index is 6.01. The first-order valence-corrected chi connectivity index (χ1v) is 11.3. The molecule has 3 aromatic carbocycles. The van der Waals surface area contributed by atoms with Gasteiger partial charge in [0.1, 0.15) is 5.82 Å². The minimum atomic E-state index is 0.259. The zero-order chi connectivity index (χ0) is 22.1. The van der Waals surface area contributed by atoms with Crippen molar-refractivity contribution >= 4 is 56.2 Å². The Morgan fingerprint density at radius 1 is 0.938 bits per heavy atom. The number of aromatic nitrogens is 3. The SMILES string of the molecule is C#Cc1ccc(Cn2ccc3c4c(NCc5ccc(I)cc5)nc(N)nc4ccc32)cc1. The Bertz CT molecular complexity index is 1460. The highest BCUT2D eigenvalue weighted by Gasteiger charge is 2.13. The average molecular weight is 529 g/mol. The summed E-state index contributed by atoms with van der Waals surface area (Å²) in [5, 5.41) is 5.53. The Hall–Kier alpha value is -3.57. The summed E-state index contributed by atoms with van der Waals surface area (Å²) >= 11 is 2.31. The highest BCUT2D eigenvalue weighted by atomic mass is 127. The number of terminal acetylenes is 1. The molecule has 156 valence electrons. The van der Waals surface area contributed by atoms with E-state index in [2.05, 4.69) is 103 Å². The van der Waals surface area contributed by atoms with Gasteiger partial charge in [-0.2, -0.15) is 4.98 Å². The van der Waals surface area contributed by atoms with Crippen molar-refractivity contribution in [2.75, 3.05) is 11.1 Å². The quantitative estimate of drug-likeness (QED) is 0.236. The van der Waals surface area contributed by atoms with Gasteiger partial charge in [-0.1, -0.05) is 30.2 Å². The number of anilines is 2. The molecule has 0 spiro atoms. The van der Waals surface area contributed by atoms with Gasteiger partial charge in [-0.3, -0.25) is 0 Å². The lowest BCUT2D eigenvalue weighted by atomic mass is 10.1. The molecule has 32 heavy (non-hydrogen) atoms. The van der Waals surface area contributed by atoms with Crippen molar-refractivity contribution in [3.63, 3.8) is 0 Å². The monoisotopic (exact) mass is 529 g/mol. The molecule has 0 aliphatic rings. The van der Waals surface area contributed by atoms with Crippen molar-refractivity contribution in [3.8, 4) is 12.3 Å². The number of halogens is 1. The molecule has 0 fully saturated rings. The summed E-state index contributed by atoms with van der Waals surface area (Å²) in [5.74, 6) is 3.66. The Morgan fingerprint density at radius 2 is 1.69 bits per heavy atom. The predicted molar refractivity (Wildman–Crippen MR) is 139 cm³/mol. The largest absolute Gasteiger partial charge is 0.368 e. The van der Waals surface area contributed by atoms with E-state index >= 15 is 0 Å². The second-order valence-electron chi connectivity index (χ2n) is 7.59. The summed E-state index contributed by atoms with van der Waals surface area (Å²) in [6.45, 7) is 1.40. The van der Waals surface area contributed by atoms with Crippen molar-refractivity contribution < 1.29 is 0 Å². The first kappa shape index (κ1) is 20.3. The first-order valence-electron chi connectivity index (χ1n) is 10.2. The lowest BCUT2D eigenvalue weighted by Crippen LogP contribution is -2.06. The Labute approximate surface area is 199 Å². The lowest BCUT2D eigenvalue weighted by Gasteiger charge is -2.12. The summed E-state index contributed by atoms with van der Waals surface area (Å²) in [6.07, 6.45) is 7.57. The van der Waals surface area contributed by atoms with Crippen molar-refractivity contribution in [3.05, 3.63) is 93.2 Å². The maximum atomic E-state index is 6.01. The number of rotatable bonds is 5. The van der Waals surface area contributed by atoms with Gasteiger partial charge in [0.2, 0.25) is 5.95 Å². The fraction of sp³-hybridized carbons (Fsp3) is 0.0769. The molecule has 5 nitrogen and oxygen atoms in total. The maximum Gasteiger partial charge on any atom is 0.222 e. The van der Waals surface area contributed by atoms with Crippen LogP contribution >= 0.6 is 22.6 Å². The molecular weight excluding hydrogens is 509 g/mol. The third kappa shape index (κ3) is 3.99. The molecule has 0 atom stereocenters. The number of nitrogens with two attached hydrogens (primary N) is 1. The molecule has 6 heteroatoms. The Kier molecular flexibility index (Phi) is 5.41. The van der Waals surface area contributed by atoms with Gasteiger partial charge in [0.05, 0.1) is 10.9 Å². The number of hydrogen-bond acceptors (Lipinski definition) is 4. The third-order valence-corrected chi connectivity index (χ3v) is 6.20. The van der Waals surface area contributed by atoms with E-state index in [-0.39, 0.29) is 5.95 Å². The summed E-state index contributed by atoms with van der Waals surface area (Å²) in [6, 6.07) is 22.7. The Balaban J connectivity index is 1.53. The van der Waals surface area contributed by atoms with E-state index in [0.29, 0.717) is 6.54 Å². The average Bonchev–Trinajstić information content (AvgIpc) is 3.21. The summed E-state index contributed by atoms with van der Waals surface area (Å²) in [4.78, 5) is 8.99. The summed E-state index contributed by atoms with van der Waals surface area (Å²) in [7, 11) is 0. The molecule has 0 saturated carbocycles. The van der Waals surface area contributed by atoms with Crippen LogP contribution in [0.1, 0.15) is 16.7 Å². The predicted octanol–water partition coefficient (Wildman–Crippen LogP) is 5.41. The van der Waals surface area contributed by atoms with Crippen LogP contribution in [0.5, 0.6) is 0 Å². The minimum absolute atomic E-state index is 0.259. The minimum Gasteiger partial charge on any atom is -0.368 e. The number of hydrogen-bond donors (Lipinski definition) is 2. The van der Waals surface area contributed by atoms with Gasteiger partial charge >= 0.3 is 0 Å². The molecule has 0 radical (unpaired) electrons. The van der Waals surface area contributed by atoms with Crippen molar-refractivity contribution in [2.24, 2.45) is 0 Å². The van der Waals surface area contributed by atoms with Crippen molar-refractivity contribution in [2.45, 2.75) is 13.1 Å². The smallest absolute Gasteiger partial charge is 0.222 e. The van der Waals surface area contributed by atoms with E-state index in [1.165, 1.54) is 14.7 Å². The molecule has 0 unspecified atom stereocenters. The van der Waals surface area contributed by atoms with Crippen LogP contribution in [0.4, 0.5) is 11.8 Å². The van der Waals surface area contributed by atoms with Crippen LogP contribution in [0.2, 0.25) is 0 Å². The van der Waals surface area contributed by atoms with Gasteiger partial charge in [0.15, 0.2) is 0 Å². The van der Waals surface area contributed by atoms with Crippen LogP contribution in [0.3, 0.4) is 0 Å². The molecule has 0 aliphatic heterocycles. The van der Waals surface area contributed by atoms with Gasteiger partial charge in [-0.05, 0) is 76.2 Å². The normalized spacial score (nSPS) is 11.0. The van der Waals surface area contributed by atoms with Crippen LogP contribution in [-0.2, 0) is 13.1 Å². The highest BCUT2D eigenvalue weighted by Crippen LogP contribution is 2.31. The van der Waals surface area contributed by atoms with Crippen molar-refractivity contribution in [1.82, 2.24) is 14.5 Å². The van der Waals surface area contributed by atoms with E-state index in [0.717, 1.165) is 39.7 Å². The number of nitrogen functional groups attached to an aromatic ring is 1. The van der Waals surface area contributed by atoms with E-state index in [4.69, 9.17) is 12.2 Å². The Morgan fingerprint density at radius 3 is 2.44 bits per heavy atom. The van der Waals surface area contributed by atoms with Crippen LogP contribution in [0.25, 0.3) is 21.8 Å². The van der Waals surface area contributed by atoms with Crippen LogP contribution in [0, 0.1) is 15.9 Å². The van der Waals surface area contributed by atoms with Gasteiger partial charge in [-0.25, -0.2) is 4.98 Å². The molecule has 0 amide bonds. The topological polar surface area (TPSA) is 68.8 Å². The standard InChI is InChI=1S/C26H20IN5/c1-2-17-3-5-19(6-4-17)16-32-14-13-21-23(32)12-11-22-24(21)25(31-26(28)30-22)29-15-18-7-9-20(27)10-8-18/h1,3-14H,15-16H2,(H3,28,29,30,31). The molecule has 5 aromatic rings. The molecular formula is C26H20IN5. The van der Waals surface area contributed by atoms with E-state index in [1.54, 1.807) is 0 Å². The number of nitrogens with zero attached hydrogens (tertiary/aromatic N) is 3. The molecule has 2 heterocycles. The second kappa shape index (κ2) is 8.52. The van der Waals surface area contributed by atoms with Crippen LogP contribution in [-0.4, -0.2) is 14.5 Å². The van der Waals surface area contributed by atoms with Gasteiger partial charge in [0, 0.05) is 39.3 Å². The molecule has 0 saturated heterocycles. The zero-order valence-corrected chi connectivity index (χ0v) is 19.4. The van der Waals surface area contributed by atoms with E-state index in [9.17, 15) is 0 Å². The molecule has 0 bridgehead atoms. The van der Waals surface area contributed by atoms with Crippen molar-refractivity contribution in [1.29, 1.82) is 0 Å². The molecule has 0 aliphatic carbocycles. The van der Waals surface area contributed by atoms with Crippen LogP contribution in [0.15, 0.2) is 72.9 Å². The second-order valence-corrected chi connectivity index (χ2v) is 8.83. The van der Waals surface area contributed by atoms with Gasteiger partial charge in [-0.15, -0.1) is 6.42 Å². The molecule has 3 N–H and O–H groups in total. The first-order chi connectivity index (χ1) is 15.6. The summed E-state index contributed by atoms with van der Waals surface area (Å²) in [5.41, 5.74) is 11.2. The highest BCUT2D eigenvalue weighted by molar-refractivity contribution is 14.1. The number of nitrogens with one attached hydrogen (secondary N) is 1. The van der Waals surface area contributed by atoms with E-state index < -0.39 is 0 Å². The lowest BCUT2D eigenvalue weighted by molar-refractivity contribution is 0.837. The van der Waals surface area contributed by atoms with Crippen LogP contribution < -0.4 is 11.1 Å². The van der Waals surface area contributed by atoms with Gasteiger partial charge < -0.3 is 15.6 Å². The van der Waals surface area contributed by atoms with E-state index in [1.807, 2.05) is 18.2 Å². The molecule has 5 rings (SSSR count). The number of fused-ring (bicyclic) bond motifs is 3. The zero-order valence-electron chi connectivity index (χ0n) is 17.2. The summed E-state index contributed by atoms with van der Waals surface area (Å²) < 4.78 is 3.43. The van der Waals surface area contributed by atoms with Gasteiger partial charge in [0.25, 0.3) is 0 Å². The number of benzene rings is 3.